The Labute approximate surface area is 90.5 Å². The van der Waals surface area contributed by atoms with Crippen molar-refractivity contribution in [2.24, 2.45) is 0 Å². The topological polar surface area (TPSA) is 18.5 Å². The molecule has 2 nitrogen and oxygen atoms in total. The molecule has 1 aliphatic rings. The number of fused-ring (bicyclic) bond motifs is 1. The Balaban J connectivity index is 2.56. The average Bonchev–Trinajstić information content (AvgIpc) is 2.17. The molecule has 1 aliphatic heterocycles. The maximum Gasteiger partial charge on any atom is 0.169 e. The first-order valence-electron chi connectivity index (χ1n) is 5.09. The van der Waals surface area contributed by atoms with Crippen LogP contribution in [-0.4, -0.2) is 12.7 Å². The van der Waals surface area contributed by atoms with E-state index in [1.807, 2.05) is 19.9 Å². The molecule has 0 N–H and O–H groups in total. The van der Waals surface area contributed by atoms with E-state index in [2.05, 4.69) is 25.1 Å². The maximum atomic E-state index is 5.88. The van der Waals surface area contributed by atoms with Gasteiger partial charge in [-0.1, -0.05) is 6.08 Å². The van der Waals surface area contributed by atoms with E-state index in [0.717, 1.165) is 17.1 Å². The molecule has 0 fully saturated rings. The number of rotatable bonds is 1. The highest BCUT2D eigenvalue weighted by atomic mass is 16.5. The molecule has 0 bridgehead atoms. The maximum absolute atomic E-state index is 5.88. The van der Waals surface area contributed by atoms with Gasteiger partial charge in [0.1, 0.15) is 5.60 Å². The third-order valence-corrected chi connectivity index (χ3v) is 2.48. The standard InChI is InChI=1S/C13H16O2/c1-9-7-10-5-6-13(2,3)15-12(10)11(8-9)14-4/h5-8H,1-4H3. The average molecular weight is 204 g/mol. The van der Waals surface area contributed by atoms with Crippen LogP contribution in [0.3, 0.4) is 0 Å². The van der Waals surface area contributed by atoms with Gasteiger partial charge in [0.2, 0.25) is 0 Å². The zero-order valence-corrected chi connectivity index (χ0v) is 9.63. The molecule has 1 aromatic carbocycles. The van der Waals surface area contributed by atoms with E-state index in [4.69, 9.17) is 9.47 Å². The second-order valence-electron chi connectivity index (χ2n) is 4.42. The van der Waals surface area contributed by atoms with Gasteiger partial charge in [0, 0.05) is 5.56 Å². The minimum absolute atomic E-state index is 0.254. The summed E-state index contributed by atoms with van der Waals surface area (Å²) < 4.78 is 11.2. The van der Waals surface area contributed by atoms with Gasteiger partial charge in [-0.25, -0.2) is 0 Å². The molecule has 2 heteroatoms. The summed E-state index contributed by atoms with van der Waals surface area (Å²) in [6, 6.07) is 4.09. The van der Waals surface area contributed by atoms with Crippen molar-refractivity contribution in [2.75, 3.05) is 7.11 Å². The number of hydrogen-bond donors (Lipinski definition) is 0. The van der Waals surface area contributed by atoms with Crippen molar-refractivity contribution < 1.29 is 9.47 Å². The van der Waals surface area contributed by atoms with Crippen molar-refractivity contribution in [1.82, 2.24) is 0 Å². The minimum atomic E-state index is -0.254. The van der Waals surface area contributed by atoms with Crippen molar-refractivity contribution in [2.45, 2.75) is 26.4 Å². The fourth-order valence-corrected chi connectivity index (χ4v) is 1.74. The Hall–Kier alpha value is -1.44. The lowest BCUT2D eigenvalue weighted by Gasteiger charge is -2.29. The highest BCUT2D eigenvalue weighted by Crippen LogP contribution is 2.39. The molecule has 0 spiro atoms. The molecule has 1 heterocycles. The Morgan fingerprint density at radius 2 is 2.00 bits per heavy atom. The number of methoxy groups -OCH3 is 1. The Morgan fingerprint density at radius 1 is 1.27 bits per heavy atom. The van der Waals surface area contributed by atoms with Gasteiger partial charge in [0.05, 0.1) is 7.11 Å². The Kier molecular flexibility index (Phi) is 2.22. The molecule has 0 aromatic heterocycles. The van der Waals surface area contributed by atoms with Gasteiger partial charge in [-0.15, -0.1) is 0 Å². The molecule has 0 saturated carbocycles. The molecule has 0 radical (unpaired) electrons. The largest absolute Gasteiger partial charge is 0.493 e. The predicted octanol–water partition coefficient (Wildman–Crippen LogP) is 3.19. The molecule has 0 aliphatic carbocycles. The van der Waals surface area contributed by atoms with Crippen LogP contribution in [0.5, 0.6) is 11.5 Å². The number of benzene rings is 1. The molecule has 0 unspecified atom stereocenters. The summed E-state index contributed by atoms with van der Waals surface area (Å²) in [7, 11) is 1.67. The third kappa shape index (κ3) is 1.84. The molecule has 2 rings (SSSR count). The van der Waals surface area contributed by atoms with Gasteiger partial charge in [0.25, 0.3) is 0 Å². The van der Waals surface area contributed by atoms with Crippen LogP contribution in [0, 0.1) is 6.92 Å². The molecule has 0 amide bonds. The highest BCUT2D eigenvalue weighted by molar-refractivity contribution is 5.66. The van der Waals surface area contributed by atoms with E-state index in [0.29, 0.717) is 0 Å². The summed E-state index contributed by atoms with van der Waals surface area (Å²) in [5.74, 6) is 1.65. The van der Waals surface area contributed by atoms with E-state index < -0.39 is 0 Å². The third-order valence-electron chi connectivity index (χ3n) is 2.48. The van der Waals surface area contributed by atoms with Gasteiger partial charge in [-0.2, -0.15) is 0 Å². The predicted molar refractivity (Wildman–Crippen MR) is 61.5 cm³/mol. The minimum Gasteiger partial charge on any atom is -0.493 e. The van der Waals surface area contributed by atoms with Crippen molar-refractivity contribution >= 4 is 6.08 Å². The van der Waals surface area contributed by atoms with Crippen molar-refractivity contribution in [3.8, 4) is 11.5 Å². The fraction of sp³-hybridized carbons (Fsp3) is 0.385. The van der Waals surface area contributed by atoms with Crippen LogP contribution in [0.15, 0.2) is 18.2 Å². The smallest absolute Gasteiger partial charge is 0.169 e. The molecule has 1 aromatic rings. The van der Waals surface area contributed by atoms with Crippen molar-refractivity contribution in [3.05, 3.63) is 29.3 Å². The first kappa shape index (κ1) is 10.1. The lowest BCUT2D eigenvalue weighted by molar-refractivity contribution is 0.152. The van der Waals surface area contributed by atoms with E-state index in [-0.39, 0.29) is 5.60 Å². The van der Waals surface area contributed by atoms with E-state index in [9.17, 15) is 0 Å². The molecule has 15 heavy (non-hydrogen) atoms. The van der Waals surface area contributed by atoms with Crippen LogP contribution in [0.2, 0.25) is 0 Å². The lowest BCUT2D eigenvalue weighted by atomic mass is 10.0. The van der Waals surface area contributed by atoms with E-state index in [1.165, 1.54) is 5.56 Å². The lowest BCUT2D eigenvalue weighted by Crippen LogP contribution is -2.27. The van der Waals surface area contributed by atoms with Crippen LogP contribution in [-0.2, 0) is 0 Å². The first-order valence-corrected chi connectivity index (χ1v) is 5.09. The molecule has 0 saturated heterocycles. The molecular weight excluding hydrogens is 188 g/mol. The van der Waals surface area contributed by atoms with E-state index >= 15 is 0 Å². The summed E-state index contributed by atoms with van der Waals surface area (Å²) in [6.07, 6.45) is 4.16. The summed E-state index contributed by atoms with van der Waals surface area (Å²) in [5.41, 5.74) is 2.01. The van der Waals surface area contributed by atoms with Crippen molar-refractivity contribution in [1.29, 1.82) is 0 Å². The second-order valence-corrected chi connectivity index (χ2v) is 4.42. The van der Waals surface area contributed by atoms with Crippen LogP contribution in [0.1, 0.15) is 25.0 Å². The van der Waals surface area contributed by atoms with Gasteiger partial charge in [-0.05, 0) is 44.5 Å². The molecule has 80 valence electrons. The molecular formula is C13H16O2. The van der Waals surface area contributed by atoms with E-state index in [1.54, 1.807) is 7.11 Å². The monoisotopic (exact) mass is 204 g/mol. The normalized spacial score (nSPS) is 16.8. The van der Waals surface area contributed by atoms with Crippen LogP contribution >= 0.6 is 0 Å². The summed E-state index contributed by atoms with van der Waals surface area (Å²) in [5, 5.41) is 0. The first-order chi connectivity index (χ1) is 7.02. The quantitative estimate of drug-likeness (QED) is 0.699. The second kappa shape index (κ2) is 3.30. The van der Waals surface area contributed by atoms with Crippen LogP contribution in [0.25, 0.3) is 6.08 Å². The number of hydrogen-bond acceptors (Lipinski definition) is 2. The summed E-state index contributed by atoms with van der Waals surface area (Å²) >= 11 is 0. The number of aryl methyl sites for hydroxylation is 1. The van der Waals surface area contributed by atoms with Gasteiger partial charge in [-0.3, -0.25) is 0 Å². The zero-order valence-electron chi connectivity index (χ0n) is 9.63. The van der Waals surface area contributed by atoms with Gasteiger partial charge in [0.15, 0.2) is 11.5 Å². The van der Waals surface area contributed by atoms with Gasteiger partial charge >= 0.3 is 0 Å². The van der Waals surface area contributed by atoms with Crippen LogP contribution < -0.4 is 9.47 Å². The van der Waals surface area contributed by atoms with Crippen LogP contribution in [0.4, 0.5) is 0 Å². The Morgan fingerprint density at radius 3 is 2.67 bits per heavy atom. The highest BCUT2D eigenvalue weighted by Gasteiger charge is 2.24. The fourth-order valence-electron chi connectivity index (χ4n) is 1.74. The number of ether oxygens (including phenoxy) is 2. The molecule has 0 atom stereocenters. The van der Waals surface area contributed by atoms with Gasteiger partial charge < -0.3 is 9.47 Å². The summed E-state index contributed by atoms with van der Waals surface area (Å²) in [6.45, 7) is 6.12. The zero-order chi connectivity index (χ0) is 11.1. The SMILES string of the molecule is COc1cc(C)cc2c1OC(C)(C)C=C2. The van der Waals surface area contributed by atoms with Crippen molar-refractivity contribution in [3.63, 3.8) is 0 Å². The Bertz CT molecular complexity index is 417. The summed E-state index contributed by atoms with van der Waals surface area (Å²) in [4.78, 5) is 0.